The number of ether oxygens (including phenoxy) is 1. The van der Waals surface area contributed by atoms with Gasteiger partial charge in [0, 0.05) is 25.7 Å². The standard InChI is InChI=1S/C13H27N3O3S/c1-13(2)11-19-9-8-16(13)20(17,18)15-7-5-4-6-12(15)10-14-3/h12,14H,4-11H2,1-3H3. The van der Waals surface area contributed by atoms with Crippen molar-refractivity contribution in [2.24, 2.45) is 0 Å². The summed E-state index contributed by atoms with van der Waals surface area (Å²) in [5.74, 6) is 0. The van der Waals surface area contributed by atoms with Crippen LogP contribution in [0.4, 0.5) is 0 Å². The van der Waals surface area contributed by atoms with Crippen molar-refractivity contribution in [2.75, 3.05) is 39.9 Å². The summed E-state index contributed by atoms with van der Waals surface area (Å²) < 4.78 is 34.8. The topological polar surface area (TPSA) is 61.9 Å². The predicted octanol–water partition coefficient (Wildman–Crippen LogP) is 0.416. The lowest BCUT2D eigenvalue weighted by molar-refractivity contribution is -0.0117. The molecule has 2 fully saturated rings. The first-order chi connectivity index (χ1) is 9.39. The minimum atomic E-state index is -3.42. The van der Waals surface area contributed by atoms with E-state index in [1.807, 2.05) is 20.9 Å². The zero-order chi connectivity index (χ0) is 14.8. The van der Waals surface area contributed by atoms with Crippen molar-refractivity contribution in [3.05, 3.63) is 0 Å². The molecule has 7 heteroatoms. The van der Waals surface area contributed by atoms with Crippen molar-refractivity contribution in [3.8, 4) is 0 Å². The number of piperidine rings is 1. The summed E-state index contributed by atoms with van der Waals surface area (Å²) in [6.45, 7) is 6.58. The minimum Gasteiger partial charge on any atom is -0.378 e. The van der Waals surface area contributed by atoms with Crippen LogP contribution in [0.25, 0.3) is 0 Å². The van der Waals surface area contributed by atoms with Crippen LogP contribution in [-0.2, 0) is 14.9 Å². The van der Waals surface area contributed by atoms with Gasteiger partial charge in [-0.2, -0.15) is 17.0 Å². The Balaban J connectivity index is 2.23. The second kappa shape index (κ2) is 6.27. The Hall–Kier alpha value is -0.210. The molecule has 0 bridgehead atoms. The highest BCUT2D eigenvalue weighted by atomic mass is 32.2. The molecule has 6 nitrogen and oxygen atoms in total. The molecule has 0 aromatic heterocycles. The largest absolute Gasteiger partial charge is 0.378 e. The highest BCUT2D eigenvalue weighted by molar-refractivity contribution is 7.86. The van der Waals surface area contributed by atoms with E-state index < -0.39 is 15.7 Å². The molecule has 0 aromatic carbocycles. The summed E-state index contributed by atoms with van der Waals surface area (Å²) in [5, 5.41) is 3.11. The molecule has 1 N–H and O–H groups in total. The van der Waals surface area contributed by atoms with E-state index in [1.54, 1.807) is 8.61 Å². The maximum atomic E-state index is 13.0. The SMILES string of the molecule is CNCC1CCCCN1S(=O)(=O)N1CCOCC1(C)C. The van der Waals surface area contributed by atoms with Gasteiger partial charge in [-0.1, -0.05) is 6.42 Å². The quantitative estimate of drug-likeness (QED) is 0.817. The highest BCUT2D eigenvalue weighted by Crippen LogP contribution is 2.29. The molecular weight excluding hydrogens is 278 g/mol. The average Bonchev–Trinajstić information content (AvgIpc) is 2.38. The van der Waals surface area contributed by atoms with Crippen LogP contribution in [0.3, 0.4) is 0 Å². The molecule has 2 rings (SSSR count). The molecule has 2 heterocycles. The van der Waals surface area contributed by atoms with E-state index >= 15 is 0 Å². The molecule has 2 aliphatic rings. The van der Waals surface area contributed by atoms with Gasteiger partial charge in [0.25, 0.3) is 10.2 Å². The van der Waals surface area contributed by atoms with Gasteiger partial charge in [-0.3, -0.25) is 0 Å². The van der Waals surface area contributed by atoms with Gasteiger partial charge in [-0.25, -0.2) is 0 Å². The predicted molar refractivity (Wildman–Crippen MR) is 78.8 cm³/mol. The van der Waals surface area contributed by atoms with Gasteiger partial charge in [0.15, 0.2) is 0 Å². The van der Waals surface area contributed by atoms with E-state index in [1.165, 1.54) is 0 Å². The molecule has 2 saturated heterocycles. The number of likely N-dealkylation sites (N-methyl/N-ethyl adjacent to an activating group) is 1. The smallest absolute Gasteiger partial charge is 0.282 e. The van der Waals surface area contributed by atoms with Crippen molar-refractivity contribution in [2.45, 2.75) is 44.7 Å². The number of rotatable bonds is 4. The number of nitrogens with one attached hydrogen (secondary N) is 1. The normalized spacial score (nSPS) is 29.4. The van der Waals surface area contributed by atoms with Crippen LogP contribution in [0, 0.1) is 0 Å². The van der Waals surface area contributed by atoms with Gasteiger partial charge in [0.1, 0.15) is 0 Å². The third-order valence-electron chi connectivity index (χ3n) is 4.16. The molecule has 1 atom stereocenters. The number of nitrogens with zero attached hydrogens (tertiary/aromatic N) is 2. The summed E-state index contributed by atoms with van der Waals surface area (Å²) in [7, 11) is -1.54. The maximum Gasteiger partial charge on any atom is 0.282 e. The first-order valence-corrected chi connectivity index (χ1v) is 8.81. The van der Waals surface area contributed by atoms with E-state index in [9.17, 15) is 8.42 Å². The van der Waals surface area contributed by atoms with E-state index in [0.29, 0.717) is 32.8 Å². The lowest BCUT2D eigenvalue weighted by Crippen LogP contribution is -2.62. The van der Waals surface area contributed by atoms with Crippen LogP contribution >= 0.6 is 0 Å². The third kappa shape index (κ3) is 3.17. The Kier molecular flexibility index (Phi) is 5.07. The van der Waals surface area contributed by atoms with Gasteiger partial charge in [0.05, 0.1) is 18.8 Å². The van der Waals surface area contributed by atoms with Crippen LogP contribution in [0.5, 0.6) is 0 Å². The van der Waals surface area contributed by atoms with Crippen LogP contribution in [0.2, 0.25) is 0 Å². The molecular formula is C13H27N3O3S. The highest BCUT2D eigenvalue weighted by Gasteiger charge is 2.44. The monoisotopic (exact) mass is 305 g/mol. The summed E-state index contributed by atoms with van der Waals surface area (Å²) >= 11 is 0. The van der Waals surface area contributed by atoms with E-state index in [-0.39, 0.29) is 6.04 Å². The number of morpholine rings is 1. The minimum absolute atomic E-state index is 0.0670. The summed E-state index contributed by atoms with van der Waals surface area (Å²) in [5.41, 5.74) is -0.473. The van der Waals surface area contributed by atoms with Gasteiger partial charge in [-0.15, -0.1) is 0 Å². The van der Waals surface area contributed by atoms with Crippen LogP contribution in [0.15, 0.2) is 0 Å². The van der Waals surface area contributed by atoms with E-state index in [2.05, 4.69) is 5.32 Å². The van der Waals surface area contributed by atoms with Crippen molar-refractivity contribution in [3.63, 3.8) is 0 Å². The zero-order valence-corrected chi connectivity index (χ0v) is 13.6. The molecule has 0 spiro atoms. The van der Waals surface area contributed by atoms with Crippen molar-refractivity contribution >= 4 is 10.2 Å². The Morgan fingerprint density at radius 1 is 1.30 bits per heavy atom. The molecule has 0 saturated carbocycles. The summed E-state index contributed by atoms with van der Waals surface area (Å²) in [6.07, 6.45) is 2.99. The fourth-order valence-corrected chi connectivity index (χ4v) is 5.27. The molecule has 118 valence electrons. The van der Waals surface area contributed by atoms with Gasteiger partial charge in [0.2, 0.25) is 0 Å². The lowest BCUT2D eigenvalue weighted by atomic mass is 10.1. The van der Waals surface area contributed by atoms with Crippen LogP contribution in [-0.4, -0.2) is 68.5 Å². The van der Waals surface area contributed by atoms with Crippen LogP contribution < -0.4 is 5.32 Å². The first-order valence-electron chi connectivity index (χ1n) is 7.41. The zero-order valence-electron chi connectivity index (χ0n) is 12.8. The maximum absolute atomic E-state index is 13.0. The summed E-state index contributed by atoms with van der Waals surface area (Å²) in [4.78, 5) is 0. The van der Waals surface area contributed by atoms with Gasteiger partial charge in [-0.05, 0) is 33.7 Å². The van der Waals surface area contributed by atoms with Crippen molar-refractivity contribution in [1.29, 1.82) is 0 Å². The third-order valence-corrected chi connectivity index (χ3v) is 6.46. The van der Waals surface area contributed by atoms with Crippen LogP contribution in [0.1, 0.15) is 33.1 Å². The molecule has 0 aromatic rings. The molecule has 2 aliphatic heterocycles. The molecule has 20 heavy (non-hydrogen) atoms. The number of hydrogen-bond donors (Lipinski definition) is 1. The summed E-state index contributed by atoms with van der Waals surface area (Å²) in [6, 6.07) is 0.0670. The fourth-order valence-electron chi connectivity index (χ4n) is 3.12. The van der Waals surface area contributed by atoms with Gasteiger partial charge < -0.3 is 10.1 Å². The van der Waals surface area contributed by atoms with Crippen molar-refractivity contribution < 1.29 is 13.2 Å². The van der Waals surface area contributed by atoms with Crippen molar-refractivity contribution in [1.82, 2.24) is 13.9 Å². The van der Waals surface area contributed by atoms with E-state index in [0.717, 1.165) is 19.3 Å². The van der Waals surface area contributed by atoms with E-state index in [4.69, 9.17) is 4.74 Å². The first kappa shape index (κ1) is 16.2. The Labute approximate surface area is 122 Å². The fraction of sp³-hybridized carbons (Fsp3) is 1.00. The Bertz CT molecular complexity index is 423. The molecule has 0 radical (unpaired) electrons. The number of hydrogen-bond acceptors (Lipinski definition) is 4. The second-order valence-corrected chi connectivity index (χ2v) is 8.07. The molecule has 1 unspecified atom stereocenters. The Morgan fingerprint density at radius 2 is 2.05 bits per heavy atom. The molecule has 0 amide bonds. The average molecular weight is 305 g/mol. The second-order valence-electron chi connectivity index (χ2n) is 6.26. The Morgan fingerprint density at radius 3 is 2.70 bits per heavy atom. The van der Waals surface area contributed by atoms with Gasteiger partial charge >= 0.3 is 0 Å². The lowest BCUT2D eigenvalue weighted by Gasteiger charge is -2.45. The molecule has 0 aliphatic carbocycles.